The zero-order valence-corrected chi connectivity index (χ0v) is 10.3. The molecule has 2 N–H and O–H groups in total. The van der Waals surface area contributed by atoms with Gasteiger partial charge in [-0.2, -0.15) is 0 Å². The minimum atomic E-state index is -1.05. The quantitative estimate of drug-likeness (QED) is 0.783. The number of anilines is 1. The Kier molecular flexibility index (Phi) is 4.92. The molecule has 0 aliphatic carbocycles. The Hall–Kier alpha value is -2.30. The SMILES string of the molecule is CC(C)=CC(=O)Nc1cccc(OCC(=O)O)c1. The molecule has 1 rings (SSSR count). The van der Waals surface area contributed by atoms with Crippen LogP contribution < -0.4 is 10.1 Å². The van der Waals surface area contributed by atoms with Crippen LogP contribution in [0.3, 0.4) is 0 Å². The Morgan fingerprint density at radius 3 is 2.72 bits per heavy atom. The third-order valence-corrected chi connectivity index (χ3v) is 1.88. The van der Waals surface area contributed by atoms with E-state index in [0.717, 1.165) is 5.57 Å². The van der Waals surface area contributed by atoms with Gasteiger partial charge in [-0.05, 0) is 26.0 Å². The first kappa shape index (κ1) is 13.8. The Labute approximate surface area is 105 Å². The summed E-state index contributed by atoms with van der Waals surface area (Å²) in [5, 5.41) is 11.1. The lowest BCUT2D eigenvalue weighted by molar-refractivity contribution is -0.139. The molecule has 0 unspecified atom stereocenters. The molecule has 0 aliphatic heterocycles. The highest BCUT2D eigenvalue weighted by Gasteiger charge is 2.02. The smallest absolute Gasteiger partial charge is 0.341 e. The molecule has 0 aliphatic rings. The largest absolute Gasteiger partial charge is 0.482 e. The standard InChI is InChI=1S/C13H15NO4/c1-9(2)6-12(15)14-10-4-3-5-11(7-10)18-8-13(16)17/h3-7H,8H2,1-2H3,(H,14,15)(H,16,17). The number of ether oxygens (including phenoxy) is 1. The number of nitrogens with one attached hydrogen (secondary N) is 1. The molecule has 0 heterocycles. The zero-order chi connectivity index (χ0) is 13.5. The van der Waals surface area contributed by atoms with Crippen LogP contribution in [0, 0.1) is 0 Å². The number of rotatable bonds is 5. The number of hydrogen-bond donors (Lipinski definition) is 2. The number of aliphatic carboxylic acids is 1. The molecule has 0 bridgehead atoms. The van der Waals surface area contributed by atoms with E-state index >= 15 is 0 Å². The van der Waals surface area contributed by atoms with Crippen LogP contribution in [0.2, 0.25) is 0 Å². The van der Waals surface area contributed by atoms with Gasteiger partial charge in [-0.1, -0.05) is 11.6 Å². The van der Waals surface area contributed by atoms with Crippen molar-refractivity contribution in [1.82, 2.24) is 0 Å². The first-order valence-corrected chi connectivity index (χ1v) is 5.38. The Morgan fingerprint density at radius 2 is 2.11 bits per heavy atom. The fourth-order valence-electron chi connectivity index (χ4n) is 1.25. The van der Waals surface area contributed by atoms with Gasteiger partial charge in [-0.3, -0.25) is 4.79 Å². The van der Waals surface area contributed by atoms with Gasteiger partial charge in [0, 0.05) is 17.8 Å². The van der Waals surface area contributed by atoms with E-state index in [1.165, 1.54) is 6.08 Å². The van der Waals surface area contributed by atoms with Crippen LogP contribution in [0.4, 0.5) is 5.69 Å². The molecule has 0 aromatic heterocycles. The predicted molar refractivity (Wildman–Crippen MR) is 67.6 cm³/mol. The van der Waals surface area contributed by atoms with Crippen LogP contribution in [0.5, 0.6) is 5.75 Å². The van der Waals surface area contributed by atoms with Crippen LogP contribution in [-0.4, -0.2) is 23.6 Å². The molecule has 0 saturated heterocycles. The highest BCUT2D eigenvalue weighted by atomic mass is 16.5. The number of allylic oxidation sites excluding steroid dienone is 1. The average molecular weight is 249 g/mol. The summed E-state index contributed by atoms with van der Waals surface area (Å²) in [6, 6.07) is 6.57. The summed E-state index contributed by atoms with van der Waals surface area (Å²) < 4.78 is 5.00. The molecule has 18 heavy (non-hydrogen) atoms. The topological polar surface area (TPSA) is 75.6 Å². The zero-order valence-electron chi connectivity index (χ0n) is 10.3. The van der Waals surface area contributed by atoms with Gasteiger partial charge < -0.3 is 15.2 Å². The number of carbonyl (C=O) groups excluding carboxylic acids is 1. The van der Waals surface area contributed by atoms with Crippen LogP contribution in [0.15, 0.2) is 35.9 Å². The molecule has 5 heteroatoms. The fraction of sp³-hybridized carbons (Fsp3) is 0.231. The first-order chi connectivity index (χ1) is 8.47. The summed E-state index contributed by atoms with van der Waals surface area (Å²) >= 11 is 0. The minimum Gasteiger partial charge on any atom is -0.482 e. The maximum Gasteiger partial charge on any atom is 0.341 e. The number of carbonyl (C=O) groups is 2. The highest BCUT2D eigenvalue weighted by molar-refractivity contribution is 5.99. The number of carboxylic acid groups (broad SMARTS) is 1. The number of carboxylic acids is 1. The molecule has 0 fully saturated rings. The van der Waals surface area contributed by atoms with Crippen molar-refractivity contribution in [3.63, 3.8) is 0 Å². The van der Waals surface area contributed by atoms with Crippen molar-refractivity contribution < 1.29 is 19.4 Å². The molecule has 1 amide bonds. The summed E-state index contributed by atoms with van der Waals surface area (Å²) in [5.41, 5.74) is 1.45. The Morgan fingerprint density at radius 1 is 1.39 bits per heavy atom. The van der Waals surface area contributed by atoms with Gasteiger partial charge in [-0.15, -0.1) is 0 Å². The third kappa shape index (κ3) is 5.16. The molecule has 0 saturated carbocycles. The van der Waals surface area contributed by atoms with E-state index in [0.29, 0.717) is 11.4 Å². The molecule has 0 atom stereocenters. The van der Waals surface area contributed by atoms with E-state index in [9.17, 15) is 9.59 Å². The highest BCUT2D eigenvalue weighted by Crippen LogP contribution is 2.17. The van der Waals surface area contributed by atoms with E-state index < -0.39 is 12.6 Å². The molecular formula is C13H15NO4. The van der Waals surface area contributed by atoms with Gasteiger partial charge in [-0.25, -0.2) is 4.79 Å². The van der Waals surface area contributed by atoms with Crippen molar-refractivity contribution in [2.45, 2.75) is 13.8 Å². The second kappa shape index (κ2) is 6.44. The number of benzene rings is 1. The van der Waals surface area contributed by atoms with Gasteiger partial charge in [0.2, 0.25) is 5.91 Å². The minimum absolute atomic E-state index is 0.231. The molecule has 1 aromatic rings. The van der Waals surface area contributed by atoms with Crippen LogP contribution in [0.25, 0.3) is 0 Å². The van der Waals surface area contributed by atoms with Gasteiger partial charge >= 0.3 is 5.97 Å². The molecule has 0 spiro atoms. The second-order valence-electron chi connectivity index (χ2n) is 3.92. The maximum atomic E-state index is 11.5. The first-order valence-electron chi connectivity index (χ1n) is 5.38. The summed E-state index contributed by atoms with van der Waals surface area (Å²) in [6.07, 6.45) is 1.48. The van der Waals surface area contributed by atoms with Gasteiger partial charge in [0.05, 0.1) is 0 Å². The summed E-state index contributed by atoms with van der Waals surface area (Å²) in [5.74, 6) is -0.883. The number of hydrogen-bond acceptors (Lipinski definition) is 3. The summed E-state index contributed by atoms with van der Waals surface area (Å²) in [4.78, 5) is 21.8. The molecule has 96 valence electrons. The summed E-state index contributed by atoms with van der Waals surface area (Å²) in [6.45, 7) is 3.24. The van der Waals surface area contributed by atoms with E-state index in [1.807, 2.05) is 13.8 Å². The van der Waals surface area contributed by atoms with E-state index in [4.69, 9.17) is 9.84 Å². The van der Waals surface area contributed by atoms with Crippen LogP contribution in [0.1, 0.15) is 13.8 Å². The van der Waals surface area contributed by atoms with Crippen molar-refractivity contribution in [2.75, 3.05) is 11.9 Å². The maximum absolute atomic E-state index is 11.5. The van der Waals surface area contributed by atoms with Crippen LogP contribution >= 0.6 is 0 Å². The van der Waals surface area contributed by atoms with Crippen molar-refractivity contribution in [3.8, 4) is 5.75 Å². The normalized spacial score (nSPS) is 9.44. The predicted octanol–water partition coefficient (Wildman–Crippen LogP) is 2.05. The van der Waals surface area contributed by atoms with Crippen molar-refractivity contribution in [3.05, 3.63) is 35.9 Å². The number of amides is 1. The van der Waals surface area contributed by atoms with Gasteiger partial charge in [0.15, 0.2) is 6.61 Å². The fourth-order valence-corrected chi connectivity index (χ4v) is 1.25. The monoisotopic (exact) mass is 249 g/mol. The Balaban J connectivity index is 2.67. The van der Waals surface area contributed by atoms with Crippen molar-refractivity contribution in [1.29, 1.82) is 0 Å². The second-order valence-corrected chi connectivity index (χ2v) is 3.92. The lowest BCUT2D eigenvalue weighted by atomic mass is 10.2. The van der Waals surface area contributed by atoms with Gasteiger partial charge in [0.25, 0.3) is 0 Å². The van der Waals surface area contributed by atoms with Gasteiger partial charge in [0.1, 0.15) is 5.75 Å². The van der Waals surface area contributed by atoms with Crippen molar-refractivity contribution >= 4 is 17.6 Å². The lowest BCUT2D eigenvalue weighted by Crippen LogP contribution is -2.10. The summed E-state index contributed by atoms with van der Waals surface area (Å²) in [7, 11) is 0. The average Bonchev–Trinajstić information content (AvgIpc) is 2.25. The molecular weight excluding hydrogens is 234 g/mol. The third-order valence-electron chi connectivity index (χ3n) is 1.88. The lowest BCUT2D eigenvalue weighted by Gasteiger charge is -2.06. The van der Waals surface area contributed by atoms with Crippen molar-refractivity contribution in [2.24, 2.45) is 0 Å². The molecule has 5 nitrogen and oxygen atoms in total. The van der Waals surface area contributed by atoms with Crippen LogP contribution in [-0.2, 0) is 9.59 Å². The van der Waals surface area contributed by atoms with E-state index in [1.54, 1.807) is 24.3 Å². The molecule has 1 aromatic carbocycles. The Bertz CT molecular complexity index is 476. The molecule has 0 radical (unpaired) electrons. The van der Waals surface area contributed by atoms with E-state index in [-0.39, 0.29) is 5.91 Å². The van der Waals surface area contributed by atoms with E-state index in [2.05, 4.69) is 5.32 Å².